The normalized spacial score (nSPS) is 15.0. The molecular formula is C16H24FN3O. The van der Waals surface area contributed by atoms with E-state index in [1.807, 2.05) is 0 Å². The molecule has 4 nitrogen and oxygen atoms in total. The summed E-state index contributed by atoms with van der Waals surface area (Å²) in [7, 11) is 2.09. The first-order chi connectivity index (χ1) is 10.0. The number of nitrogens with two attached hydrogens (primary N) is 1. The highest BCUT2D eigenvalue weighted by Gasteiger charge is 2.18. The summed E-state index contributed by atoms with van der Waals surface area (Å²) < 4.78 is 13.5. The lowest BCUT2D eigenvalue weighted by Crippen LogP contribution is -2.30. The third-order valence-electron chi connectivity index (χ3n) is 4.00. The van der Waals surface area contributed by atoms with E-state index in [-0.39, 0.29) is 11.6 Å². The van der Waals surface area contributed by atoms with Gasteiger partial charge in [0.2, 0.25) is 5.91 Å². The molecule has 1 aliphatic carbocycles. The van der Waals surface area contributed by atoms with Crippen LogP contribution < -0.4 is 11.1 Å². The van der Waals surface area contributed by atoms with Gasteiger partial charge in [0.15, 0.2) is 0 Å². The minimum absolute atomic E-state index is 0.155. The summed E-state index contributed by atoms with van der Waals surface area (Å²) in [5.74, 6) is 0.210. The first-order valence-corrected chi connectivity index (χ1v) is 7.58. The highest BCUT2D eigenvalue weighted by molar-refractivity contribution is 5.91. The van der Waals surface area contributed by atoms with Crippen LogP contribution in [-0.4, -0.2) is 30.9 Å². The van der Waals surface area contributed by atoms with E-state index in [0.29, 0.717) is 12.1 Å². The summed E-state index contributed by atoms with van der Waals surface area (Å²) in [6.45, 7) is 2.01. The number of carbonyl (C=O) groups excluding carboxylic acids is 1. The molecule has 1 aliphatic rings. The number of anilines is 2. The number of nitrogen functional groups attached to an aromatic ring is 1. The third kappa shape index (κ3) is 5.01. The van der Waals surface area contributed by atoms with Crippen molar-refractivity contribution in [2.45, 2.75) is 32.1 Å². The van der Waals surface area contributed by atoms with Gasteiger partial charge < -0.3 is 16.0 Å². The molecule has 21 heavy (non-hydrogen) atoms. The molecule has 0 bridgehead atoms. The topological polar surface area (TPSA) is 58.4 Å². The van der Waals surface area contributed by atoms with E-state index < -0.39 is 5.82 Å². The first-order valence-electron chi connectivity index (χ1n) is 7.58. The van der Waals surface area contributed by atoms with Crippen molar-refractivity contribution in [2.75, 3.05) is 31.2 Å². The van der Waals surface area contributed by atoms with Crippen LogP contribution in [0.5, 0.6) is 0 Å². The van der Waals surface area contributed by atoms with Gasteiger partial charge in [-0.1, -0.05) is 6.42 Å². The fourth-order valence-corrected chi connectivity index (χ4v) is 2.57. The van der Waals surface area contributed by atoms with Crippen LogP contribution in [0.1, 0.15) is 32.1 Å². The number of nitrogens with one attached hydrogen (secondary N) is 1. The molecule has 0 spiro atoms. The Bertz CT molecular complexity index is 488. The van der Waals surface area contributed by atoms with Gasteiger partial charge in [-0.15, -0.1) is 0 Å². The summed E-state index contributed by atoms with van der Waals surface area (Å²) >= 11 is 0. The summed E-state index contributed by atoms with van der Waals surface area (Å²) in [4.78, 5) is 14.1. The fraction of sp³-hybridized carbons (Fsp3) is 0.562. The second-order valence-corrected chi connectivity index (χ2v) is 5.95. The zero-order valence-electron chi connectivity index (χ0n) is 12.6. The van der Waals surface area contributed by atoms with Crippen molar-refractivity contribution in [1.29, 1.82) is 0 Å². The lowest BCUT2D eigenvalue weighted by Gasteiger charge is -2.30. The van der Waals surface area contributed by atoms with Crippen molar-refractivity contribution < 1.29 is 9.18 Å². The van der Waals surface area contributed by atoms with E-state index in [0.717, 1.165) is 25.4 Å². The molecule has 0 heterocycles. The van der Waals surface area contributed by atoms with Crippen LogP contribution in [0.3, 0.4) is 0 Å². The van der Waals surface area contributed by atoms with Gasteiger partial charge >= 0.3 is 0 Å². The Balaban J connectivity index is 1.68. The maximum atomic E-state index is 13.5. The van der Waals surface area contributed by atoms with Gasteiger partial charge in [-0.25, -0.2) is 4.39 Å². The molecule has 0 unspecified atom stereocenters. The van der Waals surface area contributed by atoms with Crippen molar-refractivity contribution in [3.8, 4) is 0 Å². The molecule has 0 aromatic heterocycles. The monoisotopic (exact) mass is 293 g/mol. The molecule has 1 amide bonds. The summed E-state index contributed by atoms with van der Waals surface area (Å²) in [6, 6.07) is 4.17. The molecule has 1 fully saturated rings. The molecule has 0 atom stereocenters. The molecule has 2 rings (SSSR count). The molecule has 1 aromatic rings. The maximum Gasteiger partial charge on any atom is 0.224 e. The van der Waals surface area contributed by atoms with Gasteiger partial charge in [0.25, 0.3) is 0 Å². The quantitative estimate of drug-likeness (QED) is 0.760. The number of hydrogen-bond donors (Lipinski definition) is 2. The highest BCUT2D eigenvalue weighted by Crippen LogP contribution is 2.26. The molecule has 1 saturated carbocycles. The molecule has 0 aliphatic heterocycles. The number of nitrogens with zero attached hydrogens (tertiary/aromatic N) is 1. The van der Waals surface area contributed by atoms with Crippen LogP contribution in [0.2, 0.25) is 0 Å². The average Bonchev–Trinajstić information content (AvgIpc) is 2.38. The van der Waals surface area contributed by atoms with Crippen molar-refractivity contribution in [2.24, 2.45) is 5.92 Å². The Hall–Kier alpha value is -1.62. The smallest absolute Gasteiger partial charge is 0.224 e. The second kappa shape index (κ2) is 7.41. The predicted molar refractivity (Wildman–Crippen MR) is 83.5 cm³/mol. The Morgan fingerprint density at radius 3 is 2.90 bits per heavy atom. The van der Waals surface area contributed by atoms with E-state index in [4.69, 9.17) is 5.73 Å². The summed E-state index contributed by atoms with van der Waals surface area (Å²) in [5.41, 5.74) is 6.18. The van der Waals surface area contributed by atoms with Crippen LogP contribution in [0.15, 0.2) is 18.2 Å². The van der Waals surface area contributed by atoms with Crippen molar-refractivity contribution in [3.05, 3.63) is 24.0 Å². The standard InChI is InChI=1S/C16H24FN3O/c1-20(11-12-4-2-5-12)9-3-6-16(21)19-15-10-13(18)7-8-14(15)17/h7-8,10,12H,2-6,9,11,18H2,1H3,(H,19,21). The molecule has 116 valence electrons. The number of halogens is 1. The molecule has 5 heteroatoms. The van der Waals surface area contributed by atoms with Crippen LogP contribution in [0, 0.1) is 11.7 Å². The first kappa shape index (κ1) is 15.8. The molecular weight excluding hydrogens is 269 g/mol. The van der Waals surface area contributed by atoms with Gasteiger partial charge in [-0.3, -0.25) is 4.79 Å². The second-order valence-electron chi connectivity index (χ2n) is 5.95. The van der Waals surface area contributed by atoms with E-state index in [1.54, 1.807) is 0 Å². The average molecular weight is 293 g/mol. The minimum Gasteiger partial charge on any atom is -0.399 e. The van der Waals surface area contributed by atoms with E-state index >= 15 is 0 Å². The SMILES string of the molecule is CN(CCCC(=O)Nc1cc(N)ccc1F)CC1CCC1. The molecule has 0 radical (unpaired) electrons. The largest absolute Gasteiger partial charge is 0.399 e. The van der Waals surface area contributed by atoms with E-state index in [1.165, 1.54) is 37.5 Å². The van der Waals surface area contributed by atoms with Crippen molar-refractivity contribution >= 4 is 17.3 Å². The molecule has 0 saturated heterocycles. The lowest BCUT2D eigenvalue weighted by molar-refractivity contribution is -0.116. The van der Waals surface area contributed by atoms with Gasteiger partial charge in [0.05, 0.1) is 5.69 Å². The Morgan fingerprint density at radius 1 is 1.48 bits per heavy atom. The van der Waals surface area contributed by atoms with Gasteiger partial charge in [0, 0.05) is 18.7 Å². The van der Waals surface area contributed by atoms with Crippen LogP contribution >= 0.6 is 0 Å². The zero-order chi connectivity index (χ0) is 15.2. The summed E-state index contributed by atoms with van der Waals surface area (Å²) in [6.07, 6.45) is 5.19. The van der Waals surface area contributed by atoms with Crippen LogP contribution in [0.25, 0.3) is 0 Å². The third-order valence-corrected chi connectivity index (χ3v) is 4.00. The Labute approximate surface area is 125 Å². The van der Waals surface area contributed by atoms with Crippen molar-refractivity contribution in [1.82, 2.24) is 4.90 Å². The van der Waals surface area contributed by atoms with Crippen LogP contribution in [-0.2, 0) is 4.79 Å². The fourth-order valence-electron chi connectivity index (χ4n) is 2.57. The highest BCUT2D eigenvalue weighted by atomic mass is 19.1. The number of carbonyl (C=O) groups is 1. The zero-order valence-corrected chi connectivity index (χ0v) is 12.6. The number of rotatable bonds is 7. The molecule has 3 N–H and O–H groups in total. The minimum atomic E-state index is -0.459. The Kier molecular flexibility index (Phi) is 5.56. The number of benzene rings is 1. The van der Waals surface area contributed by atoms with E-state index in [9.17, 15) is 9.18 Å². The number of amides is 1. The van der Waals surface area contributed by atoms with Crippen LogP contribution in [0.4, 0.5) is 15.8 Å². The Morgan fingerprint density at radius 2 is 2.24 bits per heavy atom. The molecule has 1 aromatic carbocycles. The van der Waals surface area contributed by atoms with Gasteiger partial charge in [0.1, 0.15) is 5.82 Å². The number of hydrogen-bond acceptors (Lipinski definition) is 3. The predicted octanol–water partition coefficient (Wildman–Crippen LogP) is 2.86. The van der Waals surface area contributed by atoms with E-state index in [2.05, 4.69) is 17.3 Å². The van der Waals surface area contributed by atoms with Gasteiger partial charge in [-0.05, 0) is 57.0 Å². The maximum absolute atomic E-state index is 13.5. The lowest BCUT2D eigenvalue weighted by atomic mass is 9.85. The van der Waals surface area contributed by atoms with Crippen molar-refractivity contribution in [3.63, 3.8) is 0 Å². The summed E-state index contributed by atoms with van der Waals surface area (Å²) in [5, 5.41) is 2.58. The van der Waals surface area contributed by atoms with Gasteiger partial charge in [-0.2, -0.15) is 0 Å².